The number of rotatable bonds is 4. The topological polar surface area (TPSA) is 68.3 Å². The first-order valence-electron chi connectivity index (χ1n) is 8.34. The number of nitrogens with one attached hydrogen (secondary N) is 2. The smallest absolute Gasteiger partial charge is 0.418 e. The summed E-state index contributed by atoms with van der Waals surface area (Å²) in [6.45, 7) is 1.89. The molecule has 0 saturated heterocycles. The molecule has 1 aliphatic heterocycles. The Kier molecular flexibility index (Phi) is 4.42. The Morgan fingerprint density at radius 2 is 1.71 bits per heavy atom. The maximum absolute atomic E-state index is 13.2. The van der Waals surface area contributed by atoms with E-state index >= 15 is 0 Å². The van der Waals surface area contributed by atoms with Crippen LogP contribution in [0.15, 0.2) is 48.5 Å². The first-order chi connectivity index (χ1) is 13.4. The van der Waals surface area contributed by atoms with Crippen LogP contribution in [-0.2, 0) is 6.18 Å². The number of fused-ring (bicyclic) bond motifs is 1. The Labute approximate surface area is 158 Å². The van der Waals surface area contributed by atoms with Crippen LogP contribution >= 0.6 is 0 Å². The highest BCUT2D eigenvalue weighted by molar-refractivity contribution is 5.65. The number of nitrogens with zero attached hydrogens (tertiary/aromatic N) is 2. The Morgan fingerprint density at radius 1 is 0.929 bits per heavy atom. The van der Waals surface area contributed by atoms with E-state index < -0.39 is 11.7 Å². The van der Waals surface area contributed by atoms with Crippen LogP contribution in [0.5, 0.6) is 11.5 Å². The highest BCUT2D eigenvalue weighted by Gasteiger charge is 2.33. The minimum Gasteiger partial charge on any atom is -0.454 e. The number of halogens is 3. The molecule has 2 N–H and O–H groups in total. The molecule has 9 heteroatoms. The van der Waals surface area contributed by atoms with Gasteiger partial charge in [-0.3, -0.25) is 0 Å². The van der Waals surface area contributed by atoms with Gasteiger partial charge in [0, 0.05) is 23.5 Å². The first kappa shape index (κ1) is 17.9. The molecule has 0 radical (unpaired) electrons. The van der Waals surface area contributed by atoms with Gasteiger partial charge in [-0.2, -0.15) is 18.2 Å². The monoisotopic (exact) mass is 388 g/mol. The highest BCUT2D eigenvalue weighted by atomic mass is 19.4. The molecule has 1 aromatic heterocycles. The standard InChI is InChI=1S/C19H15F3N4O2/c1-11-8-17(25-14-5-3-2-4-13(14)19(20,21)22)26-18(23-11)24-12-6-7-15-16(9-12)28-10-27-15/h2-9H,10H2,1H3,(H2,23,24,25,26). The molecule has 0 bridgehead atoms. The quantitative estimate of drug-likeness (QED) is 0.654. The van der Waals surface area contributed by atoms with Gasteiger partial charge in [-0.1, -0.05) is 12.1 Å². The van der Waals surface area contributed by atoms with Crippen molar-refractivity contribution in [3.8, 4) is 11.5 Å². The second kappa shape index (κ2) is 6.91. The van der Waals surface area contributed by atoms with E-state index in [0.29, 0.717) is 22.9 Å². The number of para-hydroxylation sites is 1. The van der Waals surface area contributed by atoms with Crippen molar-refractivity contribution in [3.05, 3.63) is 59.8 Å². The normalized spacial score (nSPS) is 12.7. The molecule has 1 aliphatic rings. The van der Waals surface area contributed by atoms with Gasteiger partial charge in [0.15, 0.2) is 11.5 Å². The Hall–Kier alpha value is -3.49. The van der Waals surface area contributed by atoms with Gasteiger partial charge < -0.3 is 20.1 Å². The molecule has 3 aromatic rings. The van der Waals surface area contributed by atoms with Crippen molar-refractivity contribution in [3.63, 3.8) is 0 Å². The fraction of sp³-hybridized carbons (Fsp3) is 0.158. The Balaban J connectivity index is 1.60. The molecule has 0 fully saturated rings. The summed E-state index contributed by atoms with van der Waals surface area (Å²) in [6, 6.07) is 12.1. The fourth-order valence-electron chi connectivity index (χ4n) is 2.77. The highest BCUT2D eigenvalue weighted by Crippen LogP contribution is 2.36. The summed E-state index contributed by atoms with van der Waals surface area (Å²) in [4.78, 5) is 8.55. The zero-order valence-corrected chi connectivity index (χ0v) is 14.7. The summed E-state index contributed by atoms with van der Waals surface area (Å²) in [5.74, 6) is 1.72. The van der Waals surface area contributed by atoms with Crippen molar-refractivity contribution < 1.29 is 22.6 Å². The van der Waals surface area contributed by atoms with Gasteiger partial charge in [0.05, 0.1) is 11.3 Å². The molecule has 4 rings (SSSR count). The minimum atomic E-state index is -4.47. The lowest BCUT2D eigenvalue weighted by Crippen LogP contribution is -2.09. The van der Waals surface area contributed by atoms with Crippen molar-refractivity contribution in [2.24, 2.45) is 0 Å². The number of benzene rings is 2. The van der Waals surface area contributed by atoms with Gasteiger partial charge >= 0.3 is 6.18 Å². The van der Waals surface area contributed by atoms with E-state index in [-0.39, 0.29) is 24.2 Å². The predicted molar refractivity (Wildman–Crippen MR) is 97.3 cm³/mol. The molecule has 2 aromatic carbocycles. The van der Waals surface area contributed by atoms with Crippen LogP contribution in [-0.4, -0.2) is 16.8 Å². The molecule has 28 heavy (non-hydrogen) atoms. The first-order valence-corrected chi connectivity index (χ1v) is 8.34. The van der Waals surface area contributed by atoms with E-state index in [2.05, 4.69) is 20.6 Å². The van der Waals surface area contributed by atoms with Crippen LogP contribution in [0.3, 0.4) is 0 Å². The predicted octanol–water partition coefficient (Wildman–Crippen LogP) is 5.02. The zero-order chi connectivity index (χ0) is 19.7. The van der Waals surface area contributed by atoms with Crippen LogP contribution in [0.25, 0.3) is 0 Å². The third-order valence-corrected chi connectivity index (χ3v) is 3.98. The van der Waals surface area contributed by atoms with Crippen LogP contribution in [0.2, 0.25) is 0 Å². The van der Waals surface area contributed by atoms with E-state index in [1.807, 2.05) is 0 Å². The molecule has 0 aliphatic carbocycles. The molecule has 0 amide bonds. The number of hydrogen-bond acceptors (Lipinski definition) is 6. The lowest BCUT2D eigenvalue weighted by molar-refractivity contribution is -0.136. The average Bonchev–Trinajstić information content (AvgIpc) is 3.08. The molecule has 6 nitrogen and oxygen atoms in total. The number of alkyl halides is 3. The Morgan fingerprint density at radius 3 is 2.54 bits per heavy atom. The minimum absolute atomic E-state index is 0.0814. The van der Waals surface area contributed by atoms with Crippen molar-refractivity contribution >= 4 is 23.1 Å². The Bertz CT molecular complexity index is 1020. The van der Waals surface area contributed by atoms with Gasteiger partial charge in [-0.25, -0.2) is 4.98 Å². The molecular weight excluding hydrogens is 373 g/mol. The third-order valence-electron chi connectivity index (χ3n) is 3.98. The van der Waals surface area contributed by atoms with Gasteiger partial charge in [0.2, 0.25) is 12.7 Å². The van der Waals surface area contributed by atoms with Crippen LogP contribution in [0, 0.1) is 6.92 Å². The second-order valence-electron chi connectivity index (χ2n) is 6.08. The van der Waals surface area contributed by atoms with E-state index in [1.54, 1.807) is 31.2 Å². The van der Waals surface area contributed by atoms with E-state index in [0.717, 1.165) is 6.07 Å². The van der Waals surface area contributed by atoms with Crippen molar-refractivity contribution in [1.82, 2.24) is 9.97 Å². The van der Waals surface area contributed by atoms with Crippen molar-refractivity contribution in [2.45, 2.75) is 13.1 Å². The number of aryl methyl sites for hydroxylation is 1. The fourth-order valence-corrected chi connectivity index (χ4v) is 2.77. The summed E-state index contributed by atoms with van der Waals surface area (Å²) < 4.78 is 50.2. The maximum atomic E-state index is 13.2. The van der Waals surface area contributed by atoms with Crippen molar-refractivity contribution in [2.75, 3.05) is 17.4 Å². The summed E-state index contributed by atoms with van der Waals surface area (Å²) >= 11 is 0. The number of aromatic nitrogens is 2. The summed E-state index contributed by atoms with van der Waals surface area (Å²) in [5.41, 5.74) is 0.403. The molecule has 144 valence electrons. The van der Waals surface area contributed by atoms with Crippen molar-refractivity contribution in [1.29, 1.82) is 0 Å². The van der Waals surface area contributed by atoms with Crippen LogP contribution < -0.4 is 20.1 Å². The zero-order valence-electron chi connectivity index (χ0n) is 14.7. The molecule has 2 heterocycles. The number of hydrogen-bond donors (Lipinski definition) is 2. The molecule has 0 atom stereocenters. The summed E-state index contributed by atoms with van der Waals surface area (Å²) in [5, 5.41) is 5.76. The lowest BCUT2D eigenvalue weighted by atomic mass is 10.1. The summed E-state index contributed by atoms with van der Waals surface area (Å²) in [6.07, 6.45) is -4.47. The van der Waals surface area contributed by atoms with Gasteiger partial charge in [0.25, 0.3) is 0 Å². The van der Waals surface area contributed by atoms with E-state index in [9.17, 15) is 13.2 Å². The van der Waals surface area contributed by atoms with E-state index in [4.69, 9.17) is 9.47 Å². The largest absolute Gasteiger partial charge is 0.454 e. The maximum Gasteiger partial charge on any atom is 0.418 e. The SMILES string of the molecule is Cc1cc(Nc2ccccc2C(F)(F)F)nc(Nc2ccc3c(c2)OCO3)n1. The van der Waals surface area contributed by atoms with Gasteiger partial charge in [-0.15, -0.1) is 0 Å². The van der Waals surface area contributed by atoms with Crippen LogP contribution in [0.4, 0.5) is 36.3 Å². The third kappa shape index (κ3) is 3.78. The number of ether oxygens (including phenoxy) is 2. The second-order valence-corrected chi connectivity index (χ2v) is 6.08. The summed E-state index contributed by atoms with van der Waals surface area (Å²) in [7, 11) is 0. The molecular formula is C19H15F3N4O2. The van der Waals surface area contributed by atoms with Crippen LogP contribution in [0.1, 0.15) is 11.3 Å². The molecule has 0 saturated carbocycles. The van der Waals surface area contributed by atoms with Gasteiger partial charge in [-0.05, 0) is 31.2 Å². The molecule has 0 spiro atoms. The van der Waals surface area contributed by atoms with Gasteiger partial charge in [0.1, 0.15) is 5.82 Å². The lowest BCUT2D eigenvalue weighted by Gasteiger charge is -2.15. The van der Waals surface area contributed by atoms with E-state index in [1.165, 1.54) is 18.2 Å². The molecule has 0 unspecified atom stereocenters. The number of anilines is 4. The average molecular weight is 388 g/mol.